The second kappa shape index (κ2) is 23.4. The number of esters is 3. The average molecular weight is 952 g/mol. The number of rotatable bonds is 13. The van der Waals surface area contributed by atoms with Crippen LogP contribution in [0.3, 0.4) is 0 Å². The van der Waals surface area contributed by atoms with E-state index in [1.807, 2.05) is 95.8 Å². The topological polar surface area (TPSA) is 223 Å². The third kappa shape index (κ3) is 12.0. The molecule has 0 fully saturated rings. The van der Waals surface area contributed by atoms with Crippen LogP contribution in [0, 0.1) is 13.8 Å². The van der Waals surface area contributed by atoms with Crippen LogP contribution in [0.1, 0.15) is 97.2 Å². The molecule has 0 unspecified atom stereocenters. The molecule has 348 valence electrons. The monoisotopic (exact) mass is 950 g/mol. The quantitative estimate of drug-likeness (QED) is 0.0845. The Labute approximate surface area is 396 Å². The molecule has 0 bridgehead atoms. The van der Waals surface area contributed by atoms with Crippen molar-refractivity contribution in [2.45, 2.75) is 65.5 Å². The molecule has 2 aromatic carbocycles. The Hall–Kier alpha value is -7.08. The predicted octanol–water partition coefficient (Wildman–Crippen LogP) is 7.54. The Morgan fingerprint density at radius 1 is 0.612 bits per heavy atom. The normalized spacial score (nSPS) is 14.3. The average Bonchev–Trinajstić information content (AvgIpc) is 3.80. The minimum absolute atomic E-state index is 0.000347. The molecule has 4 aromatic heterocycles. The van der Waals surface area contributed by atoms with E-state index in [1.165, 1.54) is 0 Å². The molecule has 6 aromatic rings. The zero-order chi connectivity index (χ0) is 48.0. The van der Waals surface area contributed by atoms with Crippen molar-refractivity contribution in [2.75, 3.05) is 26.4 Å². The van der Waals surface area contributed by atoms with E-state index in [0.717, 1.165) is 33.9 Å². The largest absolute Gasteiger partial charge is 0.481 e. The number of halogens is 2. The molecule has 2 aliphatic heterocycles. The number of pyridine rings is 2. The number of nitrogens with zero attached hydrogens (tertiary/aromatic N) is 8. The highest BCUT2D eigenvalue weighted by Gasteiger charge is 2.31. The van der Waals surface area contributed by atoms with Crippen molar-refractivity contribution in [1.29, 1.82) is 0 Å². The summed E-state index contributed by atoms with van der Waals surface area (Å²) in [5.41, 5.74) is 7.83. The Morgan fingerprint density at radius 2 is 1.09 bits per heavy atom. The number of aliphatic imine (C=N–C) groups is 2. The lowest BCUT2D eigenvalue weighted by atomic mass is 10.0. The third-order valence-corrected chi connectivity index (χ3v) is 10.8. The molecule has 0 radical (unpaired) electrons. The fourth-order valence-corrected chi connectivity index (χ4v) is 7.85. The van der Waals surface area contributed by atoms with Crippen molar-refractivity contribution in [3.63, 3.8) is 0 Å². The Bertz CT molecular complexity index is 2780. The van der Waals surface area contributed by atoms with Gasteiger partial charge in [0, 0.05) is 60.1 Å². The molecule has 0 saturated carbocycles. The summed E-state index contributed by atoms with van der Waals surface area (Å²) in [5.74, 6) is -1.15. The Balaban J connectivity index is 0.000000196. The predicted molar refractivity (Wildman–Crippen MR) is 249 cm³/mol. The van der Waals surface area contributed by atoms with Crippen LogP contribution in [0.5, 0.6) is 0 Å². The van der Waals surface area contributed by atoms with Gasteiger partial charge in [0.25, 0.3) is 0 Å². The van der Waals surface area contributed by atoms with Gasteiger partial charge in [0.2, 0.25) is 0 Å². The molecule has 0 aliphatic carbocycles. The summed E-state index contributed by atoms with van der Waals surface area (Å²) < 4.78 is 18.1. The number of fused-ring (bicyclic) bond motifs is 6. The number of hydrogen-bond donors (Lipinski definition) is 2. The van der Waals surface area contributed by atoms with E-state index >= 15 is 0 Å². The van der Waals surface area contributed by atoms with Gasteiger partial charge in [-0.1, -0.05) is 59.6 Å². The number of hydrogen-bond acceptors (Lipinski definition) is 14. The summed E-state index contributed by atoms with van der Waals surface area (Å²) in [6.07, 6.45) is 7.67. The zero-order valence-electron chi connectivity index (χ0n) is 37.1. The highest BCUT2D eigenvalue weighted by atomic mass is 35.5. The minimum Gasteiger partial charge on any atom is -0.481 e. The van der Waals surface area contributed by atoms with Crippen LogP contribution in [0.4, 0.5) is 0 Å². The number of aliphatic carboxylic acids is 1. The summed E-state index contributed by atoms with van der Waals surface area (Å²) in [7, 11) is 0. The van der Waals surface area contributed by atoms with Crippen molar-refractivity contribution >= 4 is 58.5 Å². The van der Waals surface area contributed by atoms with E-state index in [2.05, 4.69) is 24.7 Å². The van der Waals surface area contributed by atoms with Crippen LogP contribution in [-0.2, 0) is 33.4 Å². The second-order valence-corrected chi connectivity index (χ2v) is 15.6. The molecular weight excluding hydrogens is 903 g/mol. The number of benzene rings is 2. The van der Waals surface area contributed by atoms with E-state index in [4.69, 9.17) is 52.9 Å². The molecule has 8 rings (SSSR count). The summed E-state index contributed by atoms with van der Waals surface area (Å²) in [5, 5.41) is 18.3. The first kappa shape index (κ1) is 49.4. The standard InChI is InChI=1S/C24H23ClN4O4.C20H17ClN4O2.C4H8O3/c1-3-32-21(31)14-33-20(30)11-10-19-24-27-13-15(2)29(24)23-16(7-6-8-17(23)25)22(28-19)18-9-4-5-12-26-18;1-12-11-23-20-16(8-9-17(26)27)24-18(15-7-2-3-10-22-15)13-5-4-6-14(21)19(13)25(12)20;1-2-7-4(6)3-5/h4-9,12-13,19H,3,10-11,14H2,1-2H3;2-7,10-11,16H,8-9H2,1H3,(H,26,27);5H,2-3H2,1H3/t19-;16-;/m00./s1. The first-order chi connectivity index (χ1) is 32.4. The maximum absolute atomic E-state index is 12.3. The summed E-state index contributed by atoms with van der Waals surface area (Å²) >= 11 is 13.2. The van der Waals surface area contributed by atoms with E-state index < -0.39 is 49.2 Å². The van der Waals surface area contributed by atoms with Gasteiger partial charge in [-0.2, -0.15) is 0 Å². The molecule has 17 nitrogen and oxygen atoms in total. The van der Waals surface area contributed by atoms with Crippen LogP contribution >= 0.6 is 23.2 Å². The third-order valence-electron chi connectivity index (χ3n) is 10.2. The molecule has 2 aliphatic rings. The van der Waals surface area contributed by atoms with Gasteiger partial charge >= 0.3 is 23.9 Å². The molecule has 6 heterocycles. The lowest BCUT2D eigenvalue weighted by molar-refractivity contribution is -0.158. The Morgan fingerprint density at radius 3 is 1.51 bits per heavy atom. The number of aryl methyl sites for hydroxylation is 2. The van der Waals surface area contributed by atoms with Crippen LogP contribution in [-0.4, -0.2) is 101 Å². The summed E-state index contributed by atoms with van der Waals surface area (Å²) in [6.45, 7) is 6.91. The van der Waals surface area contributed by atoms with Gasteiger partial charge in [0.1, 0.15) is 30.3 Å². The SMILES string of the molecule is CCOC(=O)CO.CCOC(=O)COC(=O)CC[C@@H]1N=C(c2ccccn2)c2cccc(Cl)c2-n2c(C)cnc21.Cc1cnc2n1-c1c(Cl)cccc1C(c1ccccn1)=N[C@H]2CCC(=O)O. The molecule has 19 heteroatoms. The van der Waals surface area contributed by atoms with Gasteiger partial charge in [-0.3, -0.25) is 38.7 Å². The van der Waals surface area contributed by atoms with Crippen molar-refractivity contribution in [1.82, 2.24) is 29.1 Å². The van der Waals surface area contributed by atoms with Crippen molar-refractivity contribution in [3.8, 4) is 11.4 Å². The van der Waals surface area contributed by atoms with Gasteiger partial charge in [-0.15, -0.1) is 0 Å². The maximum Gasteiger partial charge on any atom is 0.344 e. The van der Waals surface area contributed by atoms with Crippen LogP contribution in [0.25, 0.3) is 11.4 Å². The number of aliphatic hydroxyl groups excluding tert-OH is 1. The molecule has 67 heavy (non-hydrogen) atoms. The number of aromatic nitrogens is 6. The van der Waals surface area contributed by atoms with Gasteiger partial charge < -0.3 is 24.4 Å². The number of ether oxygens (including phenoxy) is 3. The minimum atomic E-state index is -0.862. The van der Waals surface area contributed by atoms with Crippen LogP contribution in [0.15, 0.2) is 108 Å². The number of aliphatic hydroxyl groups is 1. The van der Waals surface area contributed by atoms with Crippen LogP contribution in [0.2, 0.25) is 10.0 Å². The number of carboxylic acid groups (broad SMARTS) is 1. The van der Waals surface area contributed by atoms with Gasteiger partial charge in [-0.05, 0) is 76.9 Å². The molecule has 0 spiro atoms. The first-order valence-corrected chi connectivity index (χ1v) is 22.1. The fourth-order valence-electron chi connectivity index (χ4n) is 7.33. The molecule has 2 N–H and O–H groups in total. The number of imidazole rings is 2. The van der Waals surface area contributed by atoms with Gasteiger partial charge in [-0.25, -0.2) is 19.6 Å². The summed E-state index contributed by atoms with van der Waals surface area (Å²) in [6, 6.07) is 21.7. The lowest BCUT2D eigenvalue weighted by Gasteiger charge is -2.15. The summed E-state index contributed by atoms with van der Waals surface area (Å²) in [4.78, 5) is 72.8. The highest BCUT2D eigenvalue weighted by Crippen LogP contribution is 2.38. The number of carbonyl (C=O) groups is 4. The molecule has 0 saturated heterocycles. The van der Waals surface area contributed by atoms with Crippen molar-refractivity contribution in [2.24, 2.45) is 9.98 Å². The number of carboxylic acids is 1. The van der Waals surface area contributed by atoms with E-state index in [0.29, 0.717) is 64.0 Å². The van der Waals surface area contributed by atoms with E-state index in [1.54, 1.807) is 38.6 Å². The zero-order valence-corrected chi connectivity index (χ0v) is 38.6. The van der Waals surface area contributed by atoms with Gasteiger partial charge in [0.15, 0.2) is 6.61 Å². The van der Waals surface area contributed by atoms with E-state index in [-0.39, 0.29) is 19.4 Å². The molecular formula is C48H48Cl2N8O9. The van der Waals surface area contributed by atoms with Crippen molar-refractivity contribution < 1.29 is 43.6 Å². The fraction of sp³-hybridized carbons (Fsp3) is 0.292. The maximum atomic E-state index is 12.3. The first-order valence-electron chi connectivity index (χ1n) is 21.3. The number of carbonyl (C=O) groups excluding carboxylic acids is 3. The van der Waals surface area contributed by atoms with Crippen LogP contribution < -0.4 is 0 Å². The lowest BCUT2D eigenvalue weighted by Crippen LogP contribution is -2.17. The smallest absolute Gasteiger partial charge is 0.344 e. The highest BCUT2D eigenvalue weighted by molar-refractivity contribution is 6.34. The van der Waals surface area contributed by atoms with Crippen molar-refractivity contribution in [3.05, 3.63) is 153 Å². The van der Waals surface area contributed by atoms with Gasteiger partial charge in [0.05, 0.1) is 57.4 Å². The van der Waals surface area contributed by atoms with E-state index in [9.17, 15) is 19.2 Å². The Kier molecular flexibility index (Phi) is 17.2. The molecule has 0 amide bonds. The molecule has 2 atom stereocenters. The number of para-hydroxylation sites is 2. The second-order valence-electron chi connectivity index (χ2n) is 14.8.